The zero-order chi connectivity index (χ0) is 8.81. The molecule has 0 aromatic carbocycles. The molecule has 0 fully saturated rings. The predicted octanol–water partition coefficient (Wildman–Crippen LogP) is 1.84. The number of rotatable bonds is 5. The van der Waals surface area contributed by atoms with Crippen molar-refractivity contribution >= 4 is 11.3 Å². The topological polar surface area (TPSA) is 50.9 Å². The van der Waals surface area contributed by atoms with E-state index in [-0.39, 0.29) is 6.04 Å². The maximum atomic E-state index is 5.43. The lowest BCUT2D eigenvalue weighted by atomic mass is 10.1. The average Bonchev–Trinajstić information content (AvgIpc) is 2.59. The smallest absolute Gasteiger partial charge is 0.0794 e. The summed E-state index contributed by atoms with van der Waals surface area (Å²) >= 11 is 1.65. The number of nitrogens with one attached hydrogen (secondary N) is 1. The number of unbranched alkanes of at least 4 members (excludes halogenated alkanes) is 1. The van der Waals surface area contributed by atoms with Crippen molar-refractivity contribution < 1.29 is 0 Å². The van der Waals surface area contributed by atoms with E-state index in [9.17, 15) is 0 Å². The summed E-state index contributed by atoms with van der Waals surface area (Å²) in [5.41, 5.74) is 4.65. The minimum atomic E-state index is 0.289. The minimum absolute atomic E-state index is 0.289. The Morgan fingerprint density at radius 1 is 1.75 bits per heavy atom. The van der Waals surface area contributed by atoms with E-state index in [0.717, 1.165) is 6.42 Å². The molecule has 0 amide bonds. The molecular weight excluding hydrogens is 170 g/mol. The molecule has 68 valence electrons. The number of aromatic nitrogens is 1. The highest BCUT2D eigenvalue weighted by molar-refractivity contribution is 7.09. The molecule has 0 spiro atoms. The van der Waals surface area contributed by atoms with Crippen molar-refractivity contribution in [3.05, 3.63) is 16.6 Å². The van der Waals surface area contributed by atoms with E-state index in [2.05, 4.69) is 17.3 Å². The van der Waals surface area contributed by atoms with E-state index < -0.39 is 0 Å². The minimum Gasteiger partial charge on any atom is -0.271 e. The summed E-state index contributed by atoms with van der Waals surface area (Å²) in [6, 6.07) is 0.289. The van der Waals surface area contributed by atoms with Gasteiger partial charge in [0.05, 0.1) is 11.6 Å². The number of hydrogen-bond acceptors (Lipinski definition) is 4. The van der Waals surface area contributed by atoms with Gasteiger partial charge in [-0.05, 0) is 6.42 Å². The van der Waals surface area contributed by atoms with Gasteiger partial charge in [0.25, 0.3) is 0 Å². The summed E-state index contributed by atoms with van der Waals surface area (Å²) in [7, 11) is 0. The molecule has 0 bridgehead atoms. The molecule has 1 heterocycles. The standard InChI is InChI=1S/C8H15N3S/c1-2-3-4-7(11-9)8-5-10-6-12-8/h5-7,11H,2-4,9H2,1H3. The highest BCUT2D eigenvalue weighted by Gasteiger charge is 2.09. The molecule has 0 saturated carbocycles. The largest absolute Gasteiger partial charge is 0.271 e. The molecule has 1 aromatic heterocycles. The van der Waals surface area contributed by atoms with Crippen LogP contribution in [-0.4, -0.2) is 4.98 Å². The fourth-order valence-corrected chi connectivity index (χ4v) is 1.83. The van der Waals surface area contributed by atoms with E-state index in [1.165, 1.54) is 17.7 Å². The average molecular weight is 185 g/mol. The first-order valence-electron chi connectivity index (χ1n) is 4.23. The molecule has 3 N–H and O–H groups in total. The van der Waals surface area contributed by atoms with Crippen molar-refractivity contribution in [2.75, 3.05) is 0 Å². The monoisotopic (exact) mass is 185 g/mol. The number of nitrogens with zero attached hydrogens (tertiary/aromatic N) is 1. The lowest BCUT2D eigenvalue weighted by Crippen LogP contribution is -2.27. The van der Waals surface area contributed by atoms with Crippen molar-refractivity contribution in [3.8, 4) is 0 Å². The Kier molecular flexibility index (Phi) is 4.21. The first-order chi connectivity index (χ1) is 5.88. The van der Waals surface area contributed by atoms with E-state index in [1.807, 2.05) is 11.7 Å². The second-order valence-corrected chi connectivity index (χ2v) is 3.68. The molecule has 0 radical (unpaired) electrons. The molecule has 1 unspecified atom stereocenters. The van der Waals surface area contributed by atoms with Crippen LogP contribution in [0.15, 0.2) is 11.7 Å². The van der Waals surface area contributed by atoms with Gasteiger partial charge in [-0.3, -0.25) is 16.3 Å². The number of hydrogen-bond donors (Lipinski definition) is 2. The van der Waals surface area contributed by atoms with Crippen molar-refractivity contribution in [2.24, 2.45) is 5.84 Å². The molecule has 0 saturated heterocycles. The zero-order valence-corrected chi connectivity index (χ0v) is 8.10. The third-order valence-electron chi connectivity index (χ3n) is 1.84. The summed E-state index contributed by atoms with van der Waals surface area (Å²) in [5, 5.41) is 0. The van der Waals surface area contributed by atoms with E-state index >= 15 is 0 Å². The maximum Gasteiger partial charge on any atom is 0.0794 e. The van der Waals surface area contributed by atoms with Gasteiger partial charge in [-0.1, -0.05) is 19.8 Å². The fourth-order valence-electron chi connectivity index (χ4n) is 1.11. The summed E-state index contributed by atoms with van der Waals surface area (Å²) in [6.45, 7) is 2.18. The van der Waals surface area contributed by atoms with Gasteiger partial charge in [0, 0.05) is 11.1 Å². The lowest BCUT2D eigenvalue weighted by molar-refractivity contribution is 0.501. The van der Waals surface area contributed by atoms with Crippen LogP contribution >= 0.6 is 11.3 Å². The highest BCUT2D eigenvalue weighted by atomic mass is 32.1. The summed E-state index contributed by atoms with van der Waals surface area (Å²) in [4.78, 5) is 5.25. The summed E-state index contributed by atoms with van der Waals surface area (Å²) in [5.74, 6) is 5.43. The summed E-state index contributed by atoms with van der Waals surface area (Å²) < 4.78 is 0. The Hall–Kier alpha value is -0.450. The Morgan fingerprint density at radius 2 is 2.58 bits per heavy atom. The van der Waals surface area contributed by atoms with Gasteiger partial charge >= 0.3 is 0 Å². The molecule has 0 aliphatic carbocycles. The van der Waals surface area contributed by atoms with Gasteiger partial charge in [0.2, 0.25) is 0 Å². The normalized spacial score (nSPS) is 13.2. The van der Waals surface area contributed by atoms with Gasteiger partial charge in [-0.25, -0.2) is 0 Å². The Morgan fingerprint density at radius 3 is 3.08 bits per heavy atom. The Bertz CT molecular complexity index is 198. The fraction of sp³-hybridized carbons (Fsp3) is 0.625. The SMILES string of the molecule is CCCCC(NN)c1cncs1. The van der Waals surface area contributed by atoms with Gasteiger partial charge in [-0.15, -0.1) is 11.3 Å². The Balaban J connectivity index is 2.45. The summed E-state index contributed by atoms with van der Waals surface area (Å²) in [6.07, 6.45) is 5.38. The lowest BCUT2D eigenvalue weighted by Gasteiger charge is -2.12. The molecular formula is C8H15N3S. The van der Waals surface area contributed by atoms with Gasteiger partial charge < -0.3 is 0 Å². The van der Waals surface area contributed by atoms with E-state index in [1.54, 1.807) is 11.3 Å². The molecule has 4 heteroatoms. The zero-order valence-electron chi connectivity index (χ0n) is 7.29. The van der Waals surface area contributed by atoms with Crippen LogP contribution in [0.2, 0.25) is 0 Å². The molecule has 1 rings (SSSR count). The van der Waals surface area contributed by atoms with Crippen LogP contribution in [0.25, 0.3) is 0 Å². The molecule has 0 aliphatic rings. The quantitative estimate of drug-likeness (QED) is 0.543. The van der Waals surface area contributed by atoms with E-state index in [0.29, 0.717) is 0 Å². The first kappa shape index (κ1) is 9.64. The van der Waals surface area contributed by atoms with Crippen LogP contribution in [0.4, 0.5) is 0 Å². The second kappa shape index (κ2) is 5.24. The second-order valence-electron chi connectivity index (χ2n) is 2.77. The van der Waals surface area contributed by atoms with Crippen molar-refractivity contribution in [1.82, 2.24) is 10.4 Å². The van der Waals surface area contributed by atoms with Crippen LogP contribution < -0.4 is 11.3 Å². The van der Waals surface area contributed by atoms with Crippen molar-refractivity contribution in [1.29, 1.82) is 0 Å². The number of nitrogens with two attached hydrogens (primary N) is 1. The first-order valence-corrected chi connectivity index (χ1v) is 5.11. The molecule has 0 aliphatic heterocycles. The van der Waals surface area contributed by atoms with Crippen molar-refractivity contribution in [3.63, 3.8) is 0 Å². The molecule has 1 atom stereocenters. The van der Waals surface area contributed by atoms with E-state index in [4.69, 9.17) is 5.84 Å². The number of thiazole rings is 1. The maximum absolute atomic E-state index is 5.43. The van der Waals surface area contributed by atoms with Crippen LogP contribution in [0, 0.1) is 0 Å². The van der Waals surface area contributed by atoms with Gasteiger partial charge in [-0.2, -0.15) is 0 Å². The van der Waals surface area contributed by atoms with Crippen LogP contribution in [0.5, 0.6) is 0 Å². The third-order valence-corrected chi connectivity index (χ3v) is 2.73. The number of hydrazine groups is 1. The molecule has 1 aromatic rings. The van der Waals surface area contributed by atoms with Crippen LogP contribution in [0.1, 0.15) is 37.1 Å². The van der Waals surface area contributed by atoms with Gasteiger partial charge in [0.15, 0.2) is 0 Å². The van der Waals surface area contributed by atoms with Crippen molar-refractivity contribution in [2.45, 2.75) is 32.2 Å². The third kappa shape index (κ3) is 2.55. The predicted molar refractivity (Wildman–Crippen MR) is 51.7 cm³/mol. The van der Waals surface area contributed by atoms with Gasteiger partial charge in [0.1, 0.15) is 0 Å². The molecule has 12 heavy (non-hydrogen) atoms. The Labute approximate surface area is 77.0 Å². The molecule has 3 nitrogen and oxygen atoms in total. The van der Waals surface area contributed by atoms with Crippen LogP contribution in [-0.2, 0) is 0 Å². The highest BCUT2D eigenvalue weighted by Crippen LogP contribution is 2.21. The van der Waals surface area contributed by atoms with Crippen LogP contribution in [0.3, 0.4) is 0 Å².